The molecule has 4 bridgehead atoms. The molecule has 4 aliphatic heterocycles. The lowest BCUT2D eigenvalue weighted by Crippen LogP contribution is -2.62. The number of nitrogens with zero attached hydrogens (tertiary/aromatic N) is 2. The number of rotatable bonds is 3. The third-order valence-corrected chi connectivity index (χ3v) is 15.5. The summed E-state index contributed by atoms with van der Waals surface area (Å²) >= 11 is 6.28. The van der Waals surface area contributed by atoms with E-state index in [4.69, 9.17) is 21.1 Å². The van der Waals surface area contributed by atoms with Gasteiger partial charge in [0.05, 0.1) is 29.1 Å². The number of fused-ring (bicyclic) bond motifs is 6. The van der Waals surface area contributed by atoms with Crippen LogP contribution in [0.25, 0.3) is 0 Å². The Morgan fingerprint density at radius 1 is 1.15 bits per heavy atom. The second-order valence-corrected chi connectivity index (χ2v) is 18.5. The summed E-state index contributed by atoms with van der Waals surface area (Å²) in [6.45, 7) is 7.23. The zero-order valence-corrected chi connectivity index (χ0v) is 31.6. The number of anilines is 1. The third kappa shape index (κ3) is 5.92. The minimum Gasteiger partial charge on any atom is -0.490 e. The maximum absolute atomic E-state index is 15.5. The Kier molecular flexibility index (Phi) is 9.15. The number of carbonyl (C=O) groups excluding carboxylic acids is 2. The number of ether oxygens (including phenoxy) is 2. The van der Waals surface area contributed by atoms with Crippen LogP contribution in [-0.2, 0) is 31.4 Å². The largest absolute Gasteiger partial charge is 0.490 e. The lowest BCUT2D eigenvalue weighted by atomic mass is 9.58. The summed E-state index contributed by atoms with van der Waals surface area (Å²) in [5.74, 6) is -0.382. The first-order valence-electron chi connectivity index (χ1n) is 18.6. The van der Waals surface area contributed by atoms with Crippen LogP contribution in [0.15, 0.2) is 42.0 Å². The minimum atomic E-state index is -4.02. The van der Waals surface area contributed by atoms with Crippen molar-refractivity contribution in [3.8, 4) is 5.75 Å². The summed E-state index contributed by atoms with van der Waals surface area (Å²) in [5.41, 5.74) is 2.42. The summed E-state index contributed by atoms with van der Waals surface area (Å²) in [5, 5.41) is 2.22. The number of carbonyl (C=O) groups is 2. The molecular weight excluding hydrogens is 707 g/mol. The molecule has 7 atom stereocenters. The second kappa shape index (κ2) is 13.3. The third-order valence-electron chi connectivity index (χ3n) is 13.4. The predicted molar refractivity (Wildman–Crippen MR) is 197 cm³/mol. The van der Waals surface area contributed by atoms with Crippen LogP contribution in [0, 0.1) is 29.5 Å². The van der Waals surface area contributed by atoms with Crippen molar-refractivity contribution >= 4 is 39.1 Å². The maximum atomic E-state index is 15.5. The fraction of sp³-hybridized carbons (Fsp3) is 0.590. The average Bonchev–Trinajstić information content (AvgIpc) is 3.23. The Morgan fingerprint density at radius 3 is 2.69 bits per heavy atom. The number of benzene rings is 2. The van der Waals surface area contributed by atoms with Gasteiger partial charge in [0.25, 0.3) is 5.91 Å². The van der Waals surface area contributed by atoms with Gasteiger partial charge in [-0.3, -0.25) is 14.5 Å². The number of hydrogen-bond acceptors (Lipinski definition) is 8. The minimum absolute atomic E-state index is 0.00111. The van der Waals surface area contributed by atoms with Gasteiger partial charge in [0.1, 0.15) is 17.2 Å². The van der Waals surface area contributed by atoms with E-state index in [1.165, 1.54) is 0 Å². The number of amides is 2. The van der Waals surface area contributed by atoms with Gasteiger partial charge in [-0.2, -0.15) is 0 Å². The molecule has 2 amide bonds. The van der Waals surface area contributed by atoms with Crippen molar-refractivity contribution in [1.29, 1.82) is 0 Å². The van der Waals surface area contributed by atoms with Crippen LogP contribution in [0.3, 0.4) is 0 Å². The van der Waals surface area contributed by atoms with E-state index in [0.717, 1.165) is 43.4 Å². The SMILES string of the molecule is CO[C@@]1(CN2CCNC(=O)C2)C2=C[C@@H](C2)[C@H](C)[C@@H](C)S(=O)(=O)NC(=O)c2ccc3c(c2)N(C[C@@H]2CC[C@H]21)C[C@@]1(CCCc2c1ccc(Cl)c2F)CO3. The predicted octanol–water partition coefficient (Wildman–Crippen LogP) is 4.84. The molecule has 7 aliphatic rings. The maximum Gasteiger partial charge on any atom is 0.264 e. The Balaban J connectivity index is 1.24. The van der Waals surface area contributed by atoms with Gasteiger partial charge in [-0.05, 0) is 110 Å². The van der Waals surface area contributed by atoms with Gasteiger partial charge in [-0.1, -0.05) is 30.7 Å². The molecule has 1 saturated heterocycles. The lowest BCUT2D eigenvalue weighted by molar-refractivity contribution is -0.130. The Hall–Kier alpha value is -3.19. The molecule has 9 rings (SSSR count). The molecule has 280 valence electrons. The quantitative estimate of drug-likeness (QED) is 0.428. The molecule has 4 heterocycles. The highest BCUT2D eigenvalue weighted by Crippen LogP contribution is 2.54. The molecule has 3 aliphatic carbocycles. The van der Waals surface area contributed by atoms with Crippen LogP contribution in [0.2, 0.25) is 5.02 Å². The zero-order valence-electron chi connectivity index (χ0n) is 30.1. The number of hydrogen-bond donors (Lipinski definition) is 2. The van der Waals surface area contributed by atoms with Gasteiger partial charge in [-0.15, -0.1) is 0 Å². The van der Waals surface area contributed by atoms with E-state index in [2.05, 4.69) is 25.9 Å². The summed E-state index contributed by atoms with van der Waals surface area (Å²) in [6, 6.07) is 8.69. The highest BCUT2D eigenvalue weighted by Gasteiger charge is 2.55. The van der Waals surface area contributed by atoms with Crippen molar-refractivity contribution in [3.05, 3.63) is 69.5 Å². The number of piperazine rings is 1. The molecule has 2 N–H and O–H groups in total. The van der Waals surface area contributed by atoms with Gasteiger partial charge in [0, 0.05) is 50.8 Å². The number of allylic oxidation sites excluding steroid dienone is 1. The Labute approximate surface area is 310 Å². The van der Waals surface area contributed by atoms with E-state index in [9.17, 15) is 18.0 Å². The van der Waals surface area contributed by atoms with E-state index in [-0.39, 0.29) is 46.0 Å². The summed E-state index contributed by atoms with van der Waals surface area (Å²) < 4.78 is 58.5. The Bertz CT molecular complexity index is 1940. The van der Waals surface area contributed by atoms with Gasteiger partial charge in [-0.25, -0.2) is 17.5 Å². The number of methoxy groups -OCH3 is 1. The van der Waals surface area contributed by atoms with Gasteiger partial charge >= 0.3 is 0 Å². The fourth-order valence-electron chi connectivity index (χ4n) is 9.98. The second-order valence-electron chi connectivity index (χ2n) is 16.1. The summed E-state index contributed by atoms with van der Waals surface area (Å²) in [7, 11) is -2.25. The lowest BCUT2D eigenvalue weighted by Gasteiger charge is -2.56. The van der Waals surface area contributed by atoms with E-state index in [0.29, 0.717) is 69.2 Å². The summed E-state index contributed by atoms with van der Waals surface area (Å²) in [6.07, 6.45) is 6.95. The first-order chi connectivity index (χ1) is 24.8. The number of sulfonamides is 1. The van der Waals surface area contributed by atoms with Crippen molar-refractivity contribution in [3.63, 3.8) is 0 Å². The zero-order chi connectivity index (χ0) is 36.6. The van der Waals surface area contributed by atoms with Crippen LogP contribution in [0.1, 0.15) is 67.4 Å². The normalized spacial score (nSPS) is 34.3. The van der Waals surface area contributed by atoms with Crippen molar-refractivity contribution in [2.75, 3.05) is 57.9 Å². The van der Waals surface area contributed by atoms with E-state index in [1.54, 1.807) is 38.3 Å². The molecule has 2 aromatic carbocycles. The molecule has 1 saturated carbocycles. The van der Waals surface area contributed by atoms with Gasteiger partial charge in [0.15, 0.2) is 0 Å². The number of nitrogens with one attached hydrogen (secondary N) is 2. The Morgan fingerprint density at radius 2 is 1.96 bits per heavy atom. The highest BCUT2D eigenvalue weighted by atomic mass is 35.5. The molecule has 2 aromatic rings. The first kappa shape index (κ1) is 35.8. The van der Waals surface area contributed by atoms with Crippen molar-refractivity contribution in [2.45, 2.75) is 68.6 Å². The van der Waals surface area contributed by atoms with Crippen molar-refractivity contribution < 1.29 is 31.9 Å². The van der Waals surface area contributed by atoms with Gasteiger partial charge < -0.3 is 19.7 Å². The topological polar surface area (TPSA) is 117 Å². The molecule has 1 spiro atoms. The smallest absolute Gasteiger partial charge is 0.264 e. The van der Waals surface area contributed by atoms with Crippen molar-refractivity contribution in [1.82, 2.24) is 14.9 Å². The number of halogens is 2. The molecule has 0 unspecified atom stereocenters. The molecule has 52 heavy (non-hydrogen) atoms. The molecule has 10 nitrogen and oxygen atoms in total. The summed E-state index contributed by atoms with van der Waals surface area (Å²) in [4.78, 5) is 30.7. The van der Waals surface area contributed by atoms with Crippen molar-refractivity contribution in [2.24, 2.45) is 23.7 Å². The fourth-order valence-corrected chi connectivity index (χ4v) is 11.5. The van der Waals surface area contributed by atoms with E-state index in [1.807, 2.05) is 13.0 Å². The molecular formula is C39H48ClFN4O6S. The average molecular weight is 755 g/mol. The first-order valence-corrected chi connectivity index (χ1v) is 20.6. The van der Waals surface area contributed by atoms with Crippen LogP contribution >= 0.6 is 11.6 Å². The van der Waals surface area contributed by atoms with E-state index < -0.39 is 32.2 Å². The monoisotopic (exact) mass is 754 g/mol. The standard InChI is InChI=1S/C39H48ClFN4O6S/c1-23-24(2)52(48,49)43-37(47)25-7-11-34-33(17-25)45(20-38(22-51-34)12-4-5-29-31(38)9-10-32(40)36(29)41)18-26-6-8-30(26)39(50-3,28-15-27(23)16-28)21-44-14-13-42-35(46)19-44/h7,9-11,15,17,23-24,26-27,30H,4-6,8,12-14,16,18-22H2,1-3H3,(H,42,46)(H,43,47)/t23-,24-,26+,27+,30-,38+,39+/m1/s1. The van der Waals surface area contributed by atoms with Gasteiger partial charge in [0.2, 0.25) is 15.9 Å². The van der Waals surface area contributed by atoms with Crippen LogP contribution < -0.4 is 19.7 Å². The van der Waals surface area contributed by atoms with Crippen LogP contribution in [0.5, 0.6) is 5.75 Å². The molecule has 0 aromatic heterocycles. The molecule has 13 heteroatoms. The van der Waals surface area contributed by atoms with E-state index >= 15 is 4.39 Å². The molecule has 2 fully saturated rings. The van der Waals surface area contributed by atoms with Crippen LogP contribution in [-0.4, -0.2) is 89.0 Å². The van der Waals surface area contributed by atoms with Crippen LogP contribution in [0.4, 0.5) is 10.1 Å². The highest BCUT2D eigenvalue weighted by molar-refractivity contribution is 7.90. The molecule has 0 radical (unpaired) electrons.